The number of nitrogens with zero attached hydrogens (tertiary/aromatic N) is 1. The second-order valence-electron chi connectivity index (χ2n) is 6.80. The first-order chi connectivity index (χ1) is 12.1. The van der Waals surface area contributed by atoms with Crippen LogP contribution in [0.1, 0.15) is 57.9 Å². The zero-order valence-corrected chi connectivity index (χ0v) is 13.7. The van der Waals surface area contributed by atoms with Crippen molar-refractivity contribution in [2.45, 2.75) is 37.6 Å². The van der Waals surface area contributed by atoms with Crippen LogP contribution in [0.5, 0.6) is 0 Å². The third-order valence-corrected chi connectivity index (χ3v) is 5.23. The van der Waals surface area contributed by atoms with Crippen molar-refractivity contribution in [3.05, 3.63) is 34.9 Å². The Bertz CT molecular complexity index is 783. The van der Waals surface area contributed by atoms with E-state index in [1.807, 2.05) is 6.07 Å². The average Bonchev–Trinajstić information content (AvgIpc) is 2.87. The molecule has 130 valence electrons. The molecule has 3 aliphatic rings. The van der Waals surface area contributed by atoms with Crippen LogP contribution in [0.25, 0.3) is 0 Å². The number of amides is 4. The molecule has 0 aliphatic carbocycles. The molecule has 25 heavy (non-hydrogen) atoms. The fourth-order valence-corrected chi connectivity index (χ4v) is 3.88. The Morgan fingerprint density at radius 1 is 1.00 bits per heavy atom. The zero-order chi connectivity index (χ0) is 17.6. The van der Waals surface area contributed by atoms with Crippen LogP contribution in [0.2, 0.25) is 0 Å². The largest absolute Gasteiger partial charge is 0.316 e. The molecule has 2 saturated heterocycles. The molecule has 2 unspecified atom stereocenters. The van der Waals surface area contributed by atoms with Crippen molar-refractivity contribution in [1.82, 2.24) is 15.5 Å². The summed E-state index contributed by atoms with van der Waals surface area (Å²) in [5, 5.41) is 5.55. The van der Waals surface area contributed by atoms with Gasteiger partial charge in [0.05, 0.1) is 11.1 Å². The van der Waals surface area contributed by atoms with Crippen molar-refractivity contribution in [3.8, 4) is 0 Å². The highest BCUT2D eigenvalue weighted by atomic mass is 16.2. The van der Waals surface area contributed by atoms with E-state index in [0.29, 0.717) is 17.0 Å². The third-order valence-electron chi connectivity index (χ3n) is 5.23. The van der Waals surface area contributed by atoms with Gasteiger partial charge in [-0.1, -0.05) is 6.07 Å². The summed E-state index contributed by atoms with van der Waals surface area (Å²) in [5.74, 6) is -1.53. The Labute approximate surface area is 144 Å². The molecule has 0 spiro atoms. The Morgan fingerprint density at radius 2 is 1.80 bits per heavy atom. The summed E-state index contributed by atoms with van der Waals surface area (Å²) >= 11 is 0. The molecule has 2 atom stereocenters. The van der Waals surface area contributed by atoms with Crippen molar-refractivity contribution in [2.24, 2.45) is 0 Å². The summed E-state index contributed by atoms with van der Waals surface area (Å²) in [6, 6.07) is 4.46. The lowest BCUT2D eigenvalue weighted by molar-refractivity contribution is -0.136. The minimum atomic E-state index is -0.912. The number of hydrogen-bond acceptors (Lipinski definition) is 5. The second-order valence-corrected chi connectivity index (χ2v) is 6.80. The fourth-order valence-electron chi connectivity index (χ4n) is 3.88. The number of rotatable bonds is 2. The van der Waals surface area contributed by atoms with E-state index in [1.54, 1.807) is 12.1 Å². The van der Waals surface area contributed by atoms with E-state index in [4.69, 9.17) is 0 Å². The van der Waals surface area contributed by atoms with Crippen molar-refractivity contribution < 1.29 is 19.2 Å². The maximum atomic E-state index is 12.8. The average molecular weight is 341 g/mol. The molecule has 2 fully saturated rings. The molecule has 4 rings (SSSR count). The normalized spacial score (nSPS) is 26.6. The number of imide groups is 2. The Balaban J connectivity index is 1.63. The van der Waals surface area contributed by atoms with Crippen LogP contribution < -0.4 is 10.6 Å². The molecule has 7 nitrogen and oxygen atoms in total. The number of nitrogens with one attached hydrogen (secondary N) is 2. The van der Waals surface area contributed by atoms with Gasteiger partial charge in [0.15, 0.2) is 0 Å². The van der Waals surface area contributed by atoms with E-state index >= 15 is 0 Å². The molecule has 2 N–H and O–H groups in total. The number of benzene rings is 1. The summed E-state index contributed by atoms with van der Waals surface area (Å²) in [4.78, 5) is 49.8. The van der Waals surface area contributed by atoms with Gasteiger partial charge >= 0.3 is 0 Å². The Hall–Kier alpha value is -2.54. The predicted molar refractivity (Wildman–Crippen MR) is 88.0 cm³/mol. The highest BCUT2D eigenvalue weighted by molar-refractivity contribution is 6.23. The SMILES string of the molecule is O=C1CCC(N2C(=O)c3ccc(C4CCCNC4)cc3C2=O)C(=O)N1. The van der Waals surface area contributed by atoms with Crippen LogP contribution in [0.3, 0.4) is 0 Å². The number of piperidine rings is 2. The molecule has 0 radical (unpaired) electrons. The van der Waals surface area contributed by atoms with Gasteiger partial charge in [-0.2, -0.15) is 0 Å². The first kappa shape index (κ1) is 16.0. The molecule has 1 aromatic carbocycles. The topological polar surface area (TPSA) is 95.6 Å². The van der Waals surface area contributed by atoms with E-state index in [1.165, 1.54) is 0 Å². The molecule has 4 amide bonds. The highest BCUT2D eigenvalue weighted by Crippen LogP contribution is 2.31. The van der Waals surface area contributed by atoms with Crippen LogP contribution in [0.15, 0.2) is 18.2 Å². The summed E-state index contributed by atoms with van der Waals surface area (Å²) in [5.41, 5.74) is 1.73. The smallest absolute Gasteiger partial charge is 0.262 e. The van der Waals surface area contributed by atoms with Gasteiger partial charge in [-0.15, -0.1) is 0 Å². The van der Waals surface area contributed by atoms with E-state index in [0.717, 1.165) is 36.4 Å². The number of carbonyl (C=O) groups excluding carboxylic acids is 4. The second kappa shape index (κ2) is 6.07. The molecular formula is C18H19N3O4. The van der Waals surface area contributed by atoms with Crippen LogP contribution in [-0.4, -0.2) is 47.7 Å². The molecule has 3 heterocycles. The first-order valence-corrected chi connectivity index (χ1v) is 8.62. The van der Waals surface area contributed by atoms with E-state index in [-0.39, 0.29) is 18.7 Å². The quantitative estimate of drug-likeness (QED) is 0.766. The summed E-state index contributed by atoms with van der Waals surface area (Å²) in [7, 11) is 0. The molecule has 3 aliphatic heterocycles. The molecule has 0 aromatic heterocycles. The molecule has 7 heteroatoms. The lowest BCUT2D eigenvalue weighted by Gasteiger charge is -2.27. The van der Waals surface area contributed by atoms with Gasteiger partial charge in [0.25, 0.3) is 11.8 Å². The Kier molecular flexibility index (Phi) is 3.88. The zero-order valence-electron chi connectivity index (χ0n) is 13.7. The maximum absolute atomic E-state index is 12.8. The monoisotopic (exact) mass is 341 g/mol. The lowest BCUT2D eigenvalue weighted by atomic mass is 9.90. The fraction of sp³-hybridized carbons (Fsp3) is 0.444. The first-order valence-electron chi connectivity index (χ1n) is 8.62. The number of hydrogen-bond donors (Lipinski definition) is 2. The maximum Gasteiger partial charge on any atom is 0.262 e. The van der Waals surface area contributed by atoms with E-state index < -0.39 is 23.8 Å². The van der Waals surface area contributed by atoms with Gasteiger partial charge in [0.1, 0.15) is 6.04 Å². The molecule has 0 bridgehead atoms. The van der Waals surface area contributed by atoms with Crippen LogP contribution in [0.4, 0.5) is 0 Å². The van der Waals surface area contributed by atoms with Gasteiger partial charge in [-0.25, -0.2) is 0 Å². The van der Waals surface area contributed by atoms with Gasteiger partial charge in [0.2, 0.25) is 11.8 Å². The van der Waals surface area contributed by atoms with Gasteiger partial charge in [-0.3, -0.25) is 29.4 Å². The number of carbonyl (C=O) groups is 4. The van der Waals surface area contributed by atoms with Gasteiger partial charge in [-0.05, 0) is 49.4 Å². The summed E-state index contributed by atoms with van der Waals surface area (Å²) in [6.07, 6.45) is 2.43. The van der Waals surface area contributed by atoms with E-state index in [2.05, 4.69) is 10.6 Å². The van der Waals surface area contributed by atoms with Gasteiger partial charge in [0, 0.05) is 13.0 Å². The minimum Gasteiger partial charge on any atom is -0.316 e. The van der Waals surface area contributed by atoms with Crippen LogP contribution in [0, 0.1) is 0 Å². The van der Waals surface area contributed by atoms with Crippen LogP contribution in [-0.2, 0) is 9.59 Å². The molecular weight excluding hydrogens is 322 g/mol. The number of fused-ring (bicyclic) bond motifs is 1. The summed E-state index contributed by atoms with van der Waals surface area (Å²) < 4.78 is 0. The predicted octanol–water partition coefficient (Wildman–Crippen LogP) is 0.555. The molecule has 1 aromatic rings. The third kappa shape index (κ3) is 2.64. The van der Waals surface area contributed by atoms with Gasteiger partial charge < -0.3 is 5.32 Å². The summed E-state index contributed by atoms with van der Waals surface area (Å²) in [6.45, 7) is 1.86. The van der Waals surface area contributed by atoms with Crippen molar-refractivity contribution in [1.29, 1.82) is 0 Å². The lowest BCUT2D eigenvalue weighted by Crippen LogP contribution is -2.54. The van der Waals surface area contributed by atoms with Crippen LogP contribution >= 0.6 is 0 Å². The molecule has 0 saturated carbocycles. The highest BCUT2D eigenvalue weighted by Gasteiger charge is 2.44. The van der Waals surface area contributed by atoms with E-state index in [9.17, 15) is 19.2 Å². The van der Waals surface area contributed by atoms with Crippen molar-refractivity contribution in [3.63, 3.8) is 0 Å². The standard InChI is InChI=1S/C18H19N3O4/c22-15-6-5-14(16(23)20-15)21-17(24)12-4-3-10(8-13(12)18(21)25)11-2-1-7-19-9-11/h3-4,8,11,14,19H,1-2,5-7,9H2,(H,20,22,23). The Morgan fingerprint density at radius 3 is 2.52 bits per heavy atom. The van der Waals surface area contributed by atoms with Crippen molar-refractivity contribution in [2.75, 3.05) is 13.1 Å². The van der Waals surface area contributed by atoms with Crippen molar-refractivity contribution >= 4 is 23.6 Å². The minimum absolute atomic E-state index is 0.128.